The zero-order valence-corrected chi connectivity index (χ0v) is 9.37. The summed E-state index contributed by atoms with van der Waals surface area (Å²) in [5, 5.41) is 0. The average molecular weight is 208 g/mol. The monoisotopic (exact) mass is 206 g/mol. The molecule has 0 unspecified atom stereocenters. The van der Waals surface area contributed by atoms with Crippen molar-refractivity contribution >= 4 is 12.8 Å². The Bertz CT molecular complexity index is 111. The van der Waals surface area contributed by atoms with Crippen molar-refractivity contribution in [1.82, 2.24) is 0 Å². The summed E-state index contributed by atoms with van der Waals surface area (Å²) < 4.78 is 9.31. The molecule has 0 atom stereocenters. The van der Waals surface area contributed by atoms with Crippen LogP contribution in [0.3, 0.4) is 0 Å². The van der Waals surface area contributed by atoms with Gasteiger partial charge >= 0.3 is 0 Å². The van der Waals surface area contributed by atoms with Crippen LogP contribution in [0.15, 0.2) is 9.98 Å². The number of aliphatic imine (C=N–C) groups is 2. The Kier molecular flexibility index (Phi) is 7.36. The molecule has 0 bridgehead atoms. The second kappa shape index (κ2) is 7.67. The van der Waals surface area contributed by atoms with Crippen molar-refractivity contribution in [1.29, 1.82) is 0 Å². The fraction of sp³-hybridized carbons (Fsp3) is 0.667. The molecular weight excluding hydrogens is 197 g/mol. The van der Waals surface area contributed by atoms with Gasteiger partial charge in [0, 0.05) is 19.5 Å². The molecular formula is C6H10N2O2Zn. The summed E-state index contributed by atoms with van der Waals surface area (Å²) in [6.07, 6.45) is 2.97. The topological polar surface area (TPSA) is 43.2 Å². The second-order valence-corrected chi connectivity index (χ2v) is 1.76. The van der Waals surface area contributed by atoms with Gasteiger partial charge in [-0.2, -0.15) is 0 Å². The van der Waals surface area contributed by atoms with Gasteiger partial charge < -0.3 is 9.47 Å². The maximum absolute atomic E-state index is 4.65. The molecule has 58 valence electrons. The molecule has 11 heavy (non-hydrogen) atoms. The fourth-order valence-electron chi connectivity index (χ4n) is 0.527. The van der Waals surface area contributed by atoms with Crippen LogP contribution >= 0.6 is 0 Å². The minimum absolute atomic E-state index is 0. The Labute approximate surface area is 78.5 Å². The molecule has 0 spiro atoms. The van der Waals surface area contributed by atoms with E-state index in [2.05, 4.69) is 19.5 Å². The van der Waals surface area contributed by atoms with E-state index in [4.69, 9.17) is 0 Å². The first kappa shape index (κ1) is 10.6. The number of ether oxygens (including phenoxy) is 2. The first-order valence-corrected chi connectivity index (χ1v) is 3.20. The normalized spacial score (nSPS) is 17.5. The first-order valence-electron chi connectivity index (χ1n) is 3.20. The van der Waals surface area contributed by atoms with E-state index in [1.165, 1.54) is 12.8 Å². The minimum Gasteiger partial charge on any atom is -0.482 e. The van der Waals surface area contributed by atoms with Gasteiger partial charge in [-0.05, 0) is 0 Å². The quantitative estimate of drug-likeness (QED) is 0.529. The average Bonchev–Trinajstić information content (AvgIpc) is 2.67. The van der Waals surface area contributed by atoms with Crippen molar-refractivity contribution in [3.63, 3.8) is 0 Å². The van der Waals surface area contributed by atoms with Crippen LogP contribution in [0.2, 0.25) is 0 Å². The van der Waals surface area contributed by atoms with Gasteiger partial charge in [0.05, 0.1) is 13.1 Å². The van der Waals surface area contributed by atoms with Crippen molar-refractivity contribution in [2.75, 3.05) is 26.3 Å². The molecule has 4 nitrogen and oxygen atoms in total. The Morgan fingerprint density at radius 3 is 1.45 bits per heavy atom. The molecule has 2 aliphatic heterocycles. The van der Waals surface area contributed by atoms with Gasteiger partial charge in [-0.1, -0.05) is 0 Å². The van der Waals surface area contributed by atoms with Crippen LogP contribution in [0.5, 0.6) is 0 Å². The van der Waals surface area contributed by atoms with E-state index in [0.717, 1.165) is 26.3 Å². The molecule has 5 heteroatoms. The third-order valence-corrected chi connectivity index (χ3v) is 0.975. The van der Waals surface area contributed by atoms with Crippen molar-refractivity contribution in [2.24, 2.45) is 9.98 Å². The largest absolute Gasteiger partial charge is 0.482 e. The third kappa shape index (κ3) is 5.98. The van der Waals surface area contributed by atoms with Gasteiger partial charge in [-0.3, -0.25) is 9.98 Å². The summed E-state index contributed by atoms with van der Waals surface area (Å²) in [4.78, 5) is 7.47. The predicted octanol–water partition coefficient (Wildman–Crippen LogP) is 0.0873. The summed E-state index contributed by atoms with van der Waals surface area (Å²) >= 11 is 0. The Balaban J connectivity index is 0.000000167. The van der Waals surface area contributed by atoms with E-state index < -0.39 is 0 Å². The predicted molar refractivity (Wildman–Crippen MR) is 38.6 cm³/mol. The molecule has 0 aromatic rings. The molecule has 0 N–H and O–H groups in total. The van der Waals surface area contributed by atoms with Gasteiger partial charge in [0.15, 0.2) is 12.8 Å². The summed E-state index contributed by atoms with van der Waals surface area (Å²) in [5.41, 5.74) is 0. The van der Waals surface area contributed by atoms with Gasteiger partial charge in [-0.25, -0.2) is 0 Å². The molecule has 0 aliphatic carbocycles. The van der Waals surface area contributed by atoms with E-state index >= 15 is 0 Å². The van der Waals surface area contributed by atoms with E-state index in [-0.39, 0.29) is 19.5 Å². The molecule has 0 saturated carbocycles. The number of hydrogen-bond acceptors (Lipinski definition) is 4. The van der Waals surface area contributed by atoms with Gasteiger partial charge in [0.1, 0.15) is 13.2 Å². The molecule has 0 aromatic heterocycles. The van der Waals surface area contributed by atoms with E-state index in [1.54, 1.807) is 0 Å². The minimum atomic E-state index is 0. The van der Waals surface area contributed by atoms with E-state index in [9.17, 15) is 0 Å². The van der Waals surface area contributed by atoms with Gasteiger partial charge in [0.25, 0.3) is 0 Å². The maximum Gasteiger partial charge on any atom is 0.169 e. The molecule has 0 aromatic carbocycles. The second-order valence-electron chi connectivity index (χ2n) is 1.76. The molecule has 0 fully saturated rings. The van der Waals surface area contributed by atoms with Crippen molar-refractivity contribution in [3.8, 4) is 0 Å². The summed E-state index contributed by atoms with van der Waals surface area (Å²) in [5.74, 6) is 0. The van der Waals surface area contributed by atoms with E-state index in [1.807, 2.05) is 0 Å². The number of hydrogen-bond donors (Lipinski definition) is 0. The van der Waals surface area contributed by atoms with Gasteiger partial charge in [0.2, 0.25) is 0 Å². The molecule has 2 aliphatic rings. The van der Waals surface area contributed by atoms with Crippen molar-refractivity contribution in [2.45, 2.75) is 0 Å². The first-order chi connectivity index (χ1) is 5.00. The molecule has 0 saturated heterocycles. The van der Waals surface area contributed by atoms with Crippen LogP contribution < -0.4 is 0 Å². The third-order valence-electron chi connectivity index (χ3n) is 0.975. The smallest absolute Gasteiger partial charge is 0.169 e. The number of nitrogens with zero attached hydrogens (tertiary/aromatic N) is 2. The molecule has 0 amide bonds. The molecule has 2 rings (SSSR count). The zero-order valence-electron chi connectivity index (χ0n) is 6.40. The maximum atomic E-state index is 4.65. The van der Waals surface area contributed by atoms with Crippen molar-refractivity contribution < 1.29 is 29.0 Å². The van der Waals surface area contributed by atoms with Crippen LogP contribution in [-0.4, -0.2) is 39.1 Å². The standard InChI is InChI=1S/2C3H5NO.Zn/c2*1-2-5-3-4-1;/h2*3H,1-2H2;. The fourth-order valence-corrected chi connectivity index (χ4v) is 0.527. The zero-order chi connectivity index (χ0) is 7.07. The van der Waals surface area contributed by atoms with Crippen molar-refractivity contribution in [3.05, 3.63) is 0 Å². The van der Waals surface area contributed by atoms with Crippen LogP contribution in [-0.2, 0) is 29.0 Å². The van der Waals surface area contributed by atoms with Gasteiger partial charge in [-0.15, -0.1) is 0 Å². The summed E-state index contributed by atoms with van der Waals surface area (Å²) in [6, 6.07) is 0. The van der Waals surface area contributed by atoms with Crippen LogP contribution in [0, 0.1) is 0 Å². The SMILES string of the molecule is C1=NCCO1.C1=NCCO1.[Zn]. The number of rotatable bonds is 0. The van der Waals surface area contributed by atoms with E-state index in [0.29, 0.717) is 0 Å². The van der Waals surface area contributed by atoms with Crippen LogP contribution in [0.1, 0.15) is 0 Å². The Morgan fingerprint density at radius 1 is 0.909 bits per heavy atom. The molecule has 0 radical (unpaired) electrons. The van der Waals surface area contributed by atoms with Crippen LogP contribution in [0.4, 0.5) is 0 Å². The molecule has 2 heterocycles. The van der Waals surface area contributed by atoms with Crippen LogP contribution in [0.25, 0.3) is 0 Å². The summed E-state index contributed by atoms with van der Waals surface area (Å²) in [7, 11) is 0. The Morgan fingerprint density at radius 2 is 1.36 bits per heavy atom. The Hall–Kier alpha value is -0.437. The summed E-state index contributed by atoms with van der Waals surface area (Å²) in [6.45, 7) is 3.25.